The maximum absolute atomic E-state index is 6.05. The van der Waals surface area contributed by atoms with E-state index in [4.69, 9.17) is 21.1 Å². The molecule has 0 bridgehead atoms. The van der Waals surface area contributed by atoms with E-state index in [0.717, 1.165) is 23.6 Å². The first-order valence-corrected chi connectivity index (χ1v) is 6.88. The van der Waals surface area contributed by atoms with Gasteiger partial charge in [-0.25, -0.2) is 0 Å². The summed E-state index contributed by atoms with van der Waals surface area (Å²) in [6.07, 6.45) is 0. The van der Waals surface area contributed by atoms with Crippen LogP contribution in [0.5, 0.6) is 11.5 Å². The zero-order chi connectivity index (χ0) is 14.2. The molecule has 0 aliphatic carbocycles. The maximum Gasteiger partial charge on any atom is 0.132 e. The van der Waals surface area contributed by atoms with E-state index in [2.05, 4.69) is 5.32 Å². The molecule has 0 atom stereocenters. The van der Waals surface area contributed by atoms with Gasteiger partial charge in [-0.1, -0.05) is 29.8 Å². The molecule has 0 aliphatic rings. The van der Waals surface area contributed by atoms with Gasteiger partial charge in [0.05, 0.1) is 6.61 Å². The topological polar surface area (TPSA) is 30.5 Å². The Morgan fingerprint density at radius 2 is 1.90 bits per heavy atom. The number of rotatable bonds is 7. The fourth-order valence-electron chi connectivity index (χ4n) is 1.80. The van der Waals surface area contributed by atoms with Crippen molar-refractivity contribution in [2.24, 2.45) is 0 Å². The van der Waals surface area contributed by atoms with Gasteiger partial charge in [0.1, 0.15) is 11.5 Å². The number of hydrogen-bond acceptors (Lipinski definition) is 3. The number of nitrogens with one attached hydrogen (secondary N) is 1. The quantitative estimate of drug-likeness (QED) is 0.786. The highest BCUT2D eigenvalue weighted by Crippen LogP contribution is 2.27. The first-order chi connectivity index (χ1) is 9.79. The summed E-state index contributed by atoms with van der Waals surface area (Å²) in [4.78, 5) is 0. The van der Waals surface area contributed by atoms with E-state index in [9.17, 15) is 0 Å². The predicted octanol–water partition coefficient (Wildman–Crippen LogP) is 3.87. The summed E-state index contributed by atoms with van der Waals surface area (Å²) in [6, 6.07) is 15.3. The molecule has 20 heavy (non-hydrogen) atoms. The first kappa shape index (κ1) is 14.9. The fourth-order valence-corrected chi connectivity index (χ4v) is 1.99. The van der Waals surface area contributed by atoms with Gasteiger partial charge in [0.25, 0.3) is 0 Å². The lowest BCUT2D eigenvalue weighted by atomic mass is 10.2. The molecule has 1 N–H and O–H groups in total. The van der Waals surface area contributed by atoms with Gasteiger partial charge >= 0.3 is 0 Å². The lowest BCUT2D eigenvalue weighted by Gasteiger charge is -2.12. The minimum Gasteiger partial charge on any atom is -0.457 e. The van der Waals surface area contributed by atoms with Crippen molar-refractivity contribution in [3.63, 3.8) is 0 Å². The summed E-state index contributed by atoms with van der Waals surface area (Å²) < 4.78 is 10.9. The number of halogens is 1. The monoisotopic (exact) mass is 291 g/mol. The molecule has 4 heteroatoms. The van der Waals surface area contributed by atoms with Gasteiger partial charge in [-0.3, -0.25) is 0 Å². The average molecular weight is 292 g/mol. The number of benzene rings is 2. The Hall–Kier alpha value is -1.55. The van der Waals surface area contributed by atoms with Crippen LogP contribution in [0.25, 0.3) is 0 Å². The van der Waals surface area contributed by atoms with E-state index in [1.165, 1.54) is 0 Å². The molecule has 0 aliphatic heterocycles. The maximum atomic E-state index is 6.05. The second kappa shape index (κ2) is 7.90. The van der Waals surface area contributed by atoms with E-state index in [-0.39, 0.29) is 0 Å². The minimum absolute atomic E-state index is 0.676. The van der Waals surface area contributed by atoms with Crippen LogP contribution in [0.15, 0.2) is 48.5 Å². The summed E-state index contributed by atoms with van der Waals surface area (Å²) >= 11 is 6.05. The lowest BCUT2D eigenvalue weighted by molar-refractivity contribution is 0.199. The summed E-state index contributed by atoms with van der Waals surface area (Å²) in [6.45, 7) is 2.15. The lowest BCUT2D eigenvalue weighted by Crippen LogP contribution is -2.18. The molecule has 106 valence electrons. The van der Waals surface area contributed by atoms with Crippen LogP contribution in [0.3, 0.4) is 0 Å². The SMILES string of the molecule is COCCNCc1cc(Cl)ccc1Oc1ccccc1. The van der Waals surface area contributed by atoms with E-state index in [1.54, 1.807) is 7.11 Å². The summed E-state index contributed by atoms with van der Waals surface area (Å²) in [5.74, 6) is 1.62. The highest BCUT2D eigenvalue weighted by molar-refractivity contribution is 6.30. The molecular formula is C16H18ClNO2. The van der Waals surface area contributed by atoms with Gasteiger partial charge in [0.2, 0.25) is 0 Å². The van der Waals surface area contributed by atoms with Crippen LogP contribution < -0.4 is 10.1 Å². The van der Waals surface area contributed by atoms with Gasteiger partial charge < -0.3 is 14.8 Å². The molecule has 2 aromatic carbocycles. The van der Waals surface area contributed by atoms with Crippen LogP contribution >= 0.6 is 11.6 Å². The fraction of sp³-hybridized carbons (Fsp3) is 0.250. The van der Waals surface area contributed by atoms with Crippen molar-refractivity contribution in [3.05, 3.63) is 59.1 Å². The van der Waals surface area contributed by atoms with Crippen LogP contribution in [0.4, 0.5) is 0 Å². The van der Waals surface area contributed by atoms with Crippen LogP contribution in [0.1, 0.15) is 5.56 Å². The molecule has 0 saturated heterocycles. The molecule has 0 aromatic heterocycles. The number of para-hydroxylation sites is 1. The molecule has 0 saturated carbocycles. The number of ether oxygens (including phenoxy) is 2. The molecule has 0 unspecified atom stereocenters. The van der Waals surface area contributed by atoms with Crippen molar-refractivity contribution in [2.45, 2.75) is 6.54 Å². The van der Waals surface area contributed by atoms with E-state index in [1.807, 2.05) is 48.5 Å². The van der Waals surface area contributed by atoms with Crippen molar-refractivity contribution in [2.75, 3.05) is 20.3 Å². The highest BCUT2D eigenvalue weighted by Gasteiger charge is 2.06. The van der Waals surface area contributed by atoms with Crippen LogP contribution in [-0.2, 0) is 11.3 Å². The minimum atomic E-state index is 0.676. The molecule has 0 heterocycles. The van der Waals surface area contributed by atoms with Crippen LogP contribution in [0.2, 0.25) is 5.02 Å². The highest BCUT2D eigenvalue weighted by atomic mass is 35.5. The van der Waals surface area contributed by atoms with Gasteiger partial charge in [-0.2, -0.15) is 0 Å². The standard InChI is InChI=1S/C16H18ClNO2/c1-19-10-9-18-12-13-11-14(17)7-8-16(13)20-15-5-3-2-4-6-15/h2-8,11,18H,9-10,12H2,1H3. The van der Waals surface area contributed by atoms with E-state index < -0.39 is 0 Å². The third kappa shape index (κ3) is 4.53. The Morgan fingerprint density at radius 3 is 2.65 bits per heavy atom. The van der Waals surface area contributed by atoms with Crippen molar-refractivity contribution < 1.29 is 9.47 Å². The zero-order valence-corrected chi connectivity index (χ0v) is 12.2. The summed E-state index contributed by atoms with van der Waals surface area (Å²) in [5.41, 5.74) is 1.03. The molecule has 0 fully saturated rings. The Labute approximate surface area is 124 Å². The third-order valence-corrected chi connectivity index (χ3v) is 3.03. The molecular weight excluding hydrogens is 274 g/mol. The Morgan fingerprint density at radius 1 is 1.10 bits per heavy atom. The normalized spacial score (nSPS) is 10.5. The van der Waals surface area contributed by atoms with E-state index >= 15 is 0 Å². The smallest absolute Gasteiger partial charge is 0.132 e. The molecule has 0 radical (unpaired) electrons. The Kier molecular flexibility index (Phi) is 5.87. The summed E-state index contributed by atoms with van der Waals surface area (Å²) in [7, 11) is 1.69. The Balaban J connectivity index is 2.07. The first-order valence-electron chi connectivity index (χ1n) is 6.50. The number of hydrogen-bond donors (Lipinski definition) is 1. The predicted molar refractivity (Wildman–Crippen MR) is 81.6 cm³/mol. The molecule has 0 amide bonds. The van der Waals surface area contributed by atoms with Gasteiger partial charge in [-0.05, 0) is 30.3 Å². The van der Waals surface area contributed by atoms with Crippen LogP contribution in [0, 0.1) is 0 Å². The molecule has 0 spiro atoms. The zero-order valence-electron chi connectivity index (χ0n) is 11.4. The summed E-state index contributed by atoms with van der Waals surface area (Å²) in [5, 5.41) is 4.00. The molecule has 2 rings (SSSR count). The van der Waals surface area contributed by atoms with Crippen molar-refractivity contribution >= 4 is 11.6 Å². The number of methoxy groups -OCH3 is 1. The Bertz CT molecular complexity index is 531. The van der Waals surface area contributed by atoms with Gasteiger partial charge in [0, 0.05) is 30.8 Å². The van der Waals surface area contributed by atoms with Crippen molar-refractivity contribution in [1.82, 2.24) is 5.32 Å². The second-order valence-electron chi connectivity index (χ2n) is 4.34. The third-order valence-electron chi connectivity index (χ3n) is 2.79. The van der Waals surface area contributed by atoms with E-state index in [0.29, 0.717) is 18.2 Å². The average Bonchev–Trinajstić information content (AvgIpc) is 2.47. The van der Waals surface area contributed by atoms with Crippen molar-refractivity contribution in [1.29, 1.82) is 0 Å². The van der Waals surface area contributed by atoms with Gasteiger partial charge in [-0.15, -0.1) is 0 Å². The molecule has 2 aromatic rings. The van der Waals surface area contributed by atoms with Crippen LogP contribution in [-0.4, -0.2) is 20.3 Å². The van der Waals surface area contributed by atoms with Gasteiger partial charge in [0.15, 0.2) is 0 Å². The molecule has 3 nitrogen and oxygen atoms in total. The largest absolute Gasteiger partial charge is 0.457 e. The second-order valence-corrected chi connectivity index (χ2v) is 4.77. The van der Waals surface area contributed by atoms with Crippen molar-refractivity contribution in [3.8, 4) is 11.5 Å².